The standard InChI is InChI=1S/BO2.2K/c2-1-3;;/q-2;2*+1. The van der Waals surface area contributed by atoms with Crippen molar-refractivity contribution in [1.29, 1.82) is 0 Å². The van der Waals surface area contributed by atoms with Crippen molar-refractivity contribution in [3.63, 3.8) is 0 Å². The second kappa shape index (κ2) is 15.7. The molecular weight excluding hydrogens is 121 g/mol. The van der Waals surface area contributed by atoms with Gasteiger partial charge in [0.15, 0.2) is 0 Å². The minimum atomic E-state index is -0.500. The predicted molar refractivity (Wildman–Crippen MR) is 5.75 cm³/mol. The molecule has 0 saturated carbocycles. The molecule has 0 aliphatic rings. The van der Waals surface area contributed by atoms with Crippen molar-refractivity contribution < 1.29 is 113 Å². The van der Waals surface area contributed by atoms with E-state index < -0.39 is 7.69 Å². The summed E-state index contributed by atoms with van der Waals surface area (Å²) in [5.41, 5.74) is 0. The van der Waals surface area contributed by atoms with Crippen LogP contribution in [0.25, 0.3) is 0 Å². The van der Waals surface area contributed by atoms with E-state index >= 15 is 0 Å². The minimum absolute atomic E-state index is 0. The van der Waals surface area contributed by atoms with Crippen molar-refractivity contribution in [3.8, 4) is 0 Å². The Bertz CT molecular complexity index is 7.61. The van der Waals surface area contributed by atoms with E-state index in [1.165, 1.54) is 0 Å². The van der Waals surface area contributed by atoms with Crippen molar-refractivity contribution in [3.05, 3.63) is 0 Å². The molecule has 17 valence electrons. The second-order valence-electron chi connectivity index (χ2n) is 0.0962. The quantitative estimate of drug-likeness (QED) is 0.299. The monoisotopic (exact) mass is 121 g/mol. The van der Waals surface area contributed by atoms with Crippen LogP contribution in [0.3, 0.4) is 0 Å². The molecule has 2 nitrogen and oxygen atoms in total. The van der Waals surface area contributed by atoms with Gasteiger partial charge in [0.05, 0.1) is 0 Å². The fraction of sp³-hybridized carbons (Fsp3) is 0. The Kier molecular flexibility index (Phi) is 49.3. The molecule has 0 aromatic carbocycles. The fourth-order valence-corrected chi connectivity index (χ4v) is 0. The van der Waals surface area contributed by atoms with Crippen molar-refractivity contribution in [1.82, 2.24) is 0 Å². The van der Waals surface area contributed by atoms with Crippen LogP contribution < -0.4 is 113 Å². The smallest absolute Gasteiger partial charge is 0.900 e. The first-order valence-electron chi connectivity index (χ1n) is 0.471. The van der Waals surface area contributed by atoms with Crippen LogP contribution in [0.2, 0.25) is 0 Å². The number of hydrogen-bond donors (Lipinski definition) is 0. The summed E-state index contributed by atoms with van der Waals surface area (Å²) in [4.78, 5) is 0. The van der Waals surface area contributed by atoms with Gasteiger partial charge in [0.1, 0.15) is 0 Å². The van der Waals surface area contributed by atoms with E-state index in [0.29, 0.717) is 0 Å². The Morgan fingerprint density at radius 2 is 1.00 bits per heavy atom. The third-order valence-corrected chi connectivity index (χ3v) is 0. The van der Waals surface area contributed by atoms with Crippen LogP contribution in [0, 0.1) is 0 Å². The van der Waals surface area contributed by atoms with Crippen molar-refractivity contribution in [2.75, 3.05) is 0 Å². The van der Waals surface area contributed by atoms with Gasteiger partial charge in [-0.25, -0.2) is 7.69 Å². The number of hydrogen-bond acceptors (Lipinski definition) is 2. The largest absolute Gasteiger partial charge is 1.00 e. The normalized spacial score (nSPS) is 2.80. The molecular formula is BK2O2. The maximum absolute atomic E-state index is 8.25. The molecule has 0 aliphatic heterocycles. The van der Waals surface area contributed by atoms with E-state index in [-0.39, 0.29) is 103 Å². The third-order valence-electron chi connectivity index (χ3n) is 0. The zero-order valence-corrected chi connectivity index (χ0v) is 9.64. The maximum atomic E-state index is 8.25. The maximum Gasteiger partial charge on any atom is 1.00 e. The van der Waals surface area contributed by atoms with Crippen molar-refractivity contribution >= 4 is 7.69 Å². The minimum Gasteiger partial charge on any atom is -0.900 e. The summed E-state index contributed by atoms with van der Waals surface area (Å²) in [5.74, 6) is 0. The fourth-order valence-electron chi connectivity index (χ4n) is 0. The summed E-state index contributed by atoms with van der Waals surface area (Å²) in [5, 5.41) is 16.5. The van der Waals surface area contributed by atoms with Gasteiger partial charge in [0.25, 0.3) is 0 Å². The molecule has 1 radical (unpaired) electrons. The summed E-state index contributed by atoms with van der Waals surface area (Å²) in [7, 11) is -0.500. The van der Waals surface area contributed by atoms with Gasteiger partial charge in [0, 0.05) is 0 Å². The molecule has 5 heavy (non-hydrogen) atoms. The van der Waals surface area contributed by atoms with Crippen LogP contribution in [0.1, 0.15) is 0 Å². The van der Waals surface area contributed by atoms with Gasteiger partial charge < -0.3 is 10.0 Å². The summed E-state index contributed by atoms with van der Waals surface area (Å²) in [6, 6.07) is 0. The van der Waals surface area contributed by atoms with Gasteiger partial charge in [-0.05, 0) is 0 Å². The molecule has 0 amide bonds. The van der Waals surface area contributed by atoms with Gasteiger partial charge in [-0.3, -0.25) is 0 Å². The SMILES string of the molecule is [K+].[K+].[O-][B][O-]. The Morgan fingerprint density at radius 1 is 1.00 bits per heavy atom. The topological polar surface area (TPSA) is 46.1 Å². The Morgan fingerprint density at radius 3 is 1.00 bits per heavy atom. The van der Waals surface area contributed by atoms with Crippen LogP contribution in [0.5, 0.6) is 0 Å². The van der Waals surface area contributed by atoms with Crippen LogP contribution in [-0.2, 0) is 0 Å². The van der Waals surface area contributed by atoms with Gasteiger partial charge in [0.2, 0.25) is 0 Å². The molecule has 0 aromatic rings. The van der Waals surface area contributed by atoms with E-state index in [4.69, 9.17) is 10.0 Å². The van der Waals surface area contributed by atoms with Crippen LogP contribution in [0.4, 0.5) is 0 Å². The van der Waals surface area contributed by atoms with Gasteiger partial charge >= 0.3 is 103 Å². The molecule has 5 heteroatoms. The molecule has 0 aliphatic carbocycles. The molecule has 0 fully saturated rings. The molecule has 0 rings (SSSR count). The summed E-state index contributed by atoms with van der Waals surface area (Å²) >= 11 is 0. The molecule has 0 bridgehead atoms. The van der Waals surface area contributed by atoms with Crippen molar-refractivity contribution in [2.45, 2.75) is 0 Å². The molecule has 0 unspecified atom stereocenters. The Labute approximate surface area is 117 Å². The van der Waals surface area contributed by atoms with E-state index in [2.05, 4.69) is 0 Å². The van der Waals surface area contributed by atoms with Gasteiger partial charge in [-0.2, -0.15) is 0 Å². The summed E-state index contributed by atoms with van der Waals surface area (Å²) < 4.78 is 0. The second-order valence-corrected chi connectivity index (χ2v) is 0.0962. The molecule has 0 atom stereocenters. The van der Waals surface area contributed by atoms with E-state index in [0.717, 1.165) is 0 Å². The van der Waals surface area contributed by atoms with Gasteiger partial charge in [-0.15, -0.1) is 0 Å². The molecule has 0 spiro atoms. The number of rotatable bonds is 0. The zero-order chi connectivity index (χ0) is 2.71. The first kappa shape index (κ1) is 15.7. The molecule has 0 aromatic heterocycles. The van der Waals surface area contributed by atoms with E-state index in [1.807, 2.05) is 0 Å². The average molecular weight is 121 g/mol. The first-order valence-corrected chi connectivity index (χ1v) is 0.471. The third kappa shape index (κ3) is 18.9. The van der Waals surface area contributed by atoms with E-state index in [1.54, 1.807) is 0 Å². The first-order chi connectivity index (χ1) is 1.41. The molecule has 0 heterocycles. The van der Waals surface area contributed by atoms with E-state index in [9.17, 15) is 0 Å². The van der Waals surface area contributed by atoms with Crippen LogP contribution in [-0.4, -0.2) is 7.69 Å². The van der Waals surface area contributed by atoms with Crippen LogP contribution in [0.15, 0.2) is 0 Å². The Hall–Kier alpha value is 3.26. The zero-order valence-electron chi connectivity index (χ0n) is 3.39. The molecule has 0 saturated heterocycles. The molecule has 0 N–H and O–H groups in total. The Balaban J connectivity index is -0.0000000200. The van der Waals surface area contributed by atoms with Crippen LogP contribution >= 0.6 is 0 Å². The average Bonchev–Trinajstić information content (AvgIpc) is 0.918. The van der Waals surface area contributed by atoms with Crippen molar-refractivity contribution in [2.24, 2.45) is 0 Å². The summed E-state index contributed by atoms with van der Waals surface area (Å²) in [6.45, 7) is 0. The summed E-state index contributed by atoms with van der Waals surface area (Å²) in [6.07, 6.45) is 0. The van der Waals surface area contributed by atoms with Gasteiger partial charge in [-0.1, -0.05) is 0 Å². The predicted octanol–water partition coefficient (Wildman–Crippen LogP) is -8.75.